The molecular formula is C12H25N3. The molecule has 0 aromatic rings. The molecule has 15 heavy (non-hydrogen) atoms. The number of hydrogen-bond acceptors (Lipinski definition) is 3. The number of hydrogen-bond donors (Lipinski definition) is 3. The fourth-order valence-electron chi connectivity index (χ4n) is 2.66. The summed E-state index contributed by atoms with van der Waals surface area (Å²) >= 11 is 0. The lowest BCUT2D eigenvalue weighted by atomic mass is 9.96. The SMILES string of the molecule is C1CC(CNCC2CCNCC2)CCN1. The molecule has 88 valence electrons. The quantitative estimate of drug-likeness (QED) is 0.636. The van der Waals surface area contributed by atoms with Gasteiger partial charge < -0.3 is 16.0 Å². The van der Waals surface area contributed by atoms with E-state index in [-0.39, 0.29) is 0 Å². The van der Waals surface area contributed by atoms with E-state index in [1.165, 1.54) is 65.0 Å². The maximum Gasteiger partial charge on any atom is -0.00195 e. The summed E-state index contributed by atoms with van der Waals surface area (Å²) in [7, 11) is 0. The van der Waals surface area contributed by atoms with E-state index >= 15 is 0 Å². The molecule has 2 saturated heterocycles. The molecule has 0 atom stereocenters. The second-order valence-electron chi connectivity index (χ2n) is 5.04. The predicted octanol–water partition coefficient (Wildman–Crippen LogP) is 0.575. The van der Waals surface area contributed by atoms with Crippen LogP contribution >= 0.6 is 0 Å². The van der Waals surface area contributed by atoms with Crippen molar-refractivity contribution >= 4 is 0 Å². The molecule has 0 spiro atoms. The highest BCUT2D eigenvalue weighted by Gasteiger charge is 2.15. The molecule has 0 aromatic heterocycles. The van der Waals surface area contributed by atoms with Crippen LogP contribution in [0.2, 0.25) is 0 Å². The van der Waals surface area contributed by atoms with E-state index < -0.39 is 0 Å². The zero-order chi connectivity index (χ0) is 10.3. The second kappa shape index (κ2) is 6.46. The minimum Gasteiger partial charge on any atom is -0.317 e. The Hall–Kier alpha value is -0.120. The highest BCUT2D eigenvalue weighted by Crippen LogP contribution is 2.12. The van der Waals surface area contributed by atoms with Gasteiger partial charge in [-0.25, -0.2) is 0 Å². The molecule has 0 amide bonds. The van der Waals surface area contributed by atoms with E-state index in [4.69, 9.17) is 0 Å². The zero-order valence-electron chi connectivity index (χ0n) is 9.73. The van der Waals surface area contributed by atoms with Crippen molar-refractivity contribution in [3.05, 3.63) is 0 Å². The van der Waals surface area contributed by atoms with Crippen molar-refractivity contribution in [3.63, 3.8) is 0 Å². The predicted molar refractivity (Wildman–Crippen MR) is 64.1 cm³/mol. The van der Waals surface area contributed by atoms with Gasteiger partial charge in [-0.3, -0.25) is 0 Å². The van der Waals surface area contributed by atoms with E-state index in [0.29, 0.717) is 0 Å². The topological polar surface area (TPSA) is 36.1 Å². The number of rotatable bonds is 4. The lowest BCUT2D eigenvalue weighted by Gasteiger charge is -2.26. The fourth-order valence-corrected chi connectivity index (χ4v) is 2.66. The first-order chi connectivity index (χ1) is 7.45. The summed E-state index contributed by atoms with van der Waals surface area (Å²) in [5, 5.41) is 10.5. The van der Waals surface area contributed by atoms with Gasteiger partial charge in [-0.2, -0.15) is 0 Å². The summed E-state index contributed by atoms with van der Waals surface area (Å²) in [4.78, 5) is 0. The van der Waals surface area contributed by atoms with Crippen LogP contribution in [0.25, 0.3) is 0 Å². The van der Waals surface area contributed by atoms with Gasteiger partial charge in [-0.15, -0.1) is 0 Å². The molecule has 0 radical (unpaired) electrons. The van der Waals surface area contributed by atoms with E-state index in [1.54, 1.807) is 0 Å². The van der Waals surface area contributed by atoms with E-state index in [1.807, 2.05) is 0 Å². The summed E-state index contributed by atoms with van der Waals surface area (Å²) in [6.07, 6.45) is 5.44. The zero-order valence-corrected chi connectivity index (χ0v) is 9.73. The molecule has 0 unspecified atom stereocenters. The van der Waals surface area contributed by atoms with Crippen molar-refractivity contribution in [1.29, 1.82) is 0 Å². The number of nitrogens with one attached hydrogen (secondary N) is 3. The van der Waals surface area contributed by atoms with Crippen LogP contribution in [-0.2, 0) is 0 Å². The molecule has 3 heteroatoms. The summed E-state index contributed by atoms with van der Waals surface area (Å²) in [5.41, 5.74) is 0. The third-order valence-electron chi connectivity index (χ3n) is 3.78. The average molecular weight is 211 g/mol. The molecule has 2 aliphatic rings. The van der Waals surface area contributed by atoms with Crippen LogP contribution < -0.4 is 16.0 Å². The van der Waals surface area contributed by atoms with Gasteiger partial charge in [-0.05, 0) is 76.8 Å². The van der Waals surface area contributed by atoms with Crippen molar-refractivity contribution < 1.29 is 0 Å². The summed E-state index contributed by atoms with van der Waals surface area (Å²) in [6, 6.07) is 0. The molecule has 3 N–H and O–H groups in total. The molecule has 0 aromatic carbocycles. The van der Waals surface area contributed by atoms with Gasteiger partial charge in [0.05, 0.1) is 0 Å². The van der Waals surface area contributed by atoms with Crippen molar-refractivity contribution in [2.75, 3.05) is 39.3 Å². The smallest absolute Gasteiger partial charge is 0.00195 e. The molecule has 0 saturated carbocycles. The molecule has 0 aliphatic carbocycles. The van der Waals surface area contributed by atoms with Crippen LogP contribution in [0, 0.1) is 11.8 Å². The Morgan fingerprint density at radius 1 is 0.733 bits per heavy atom. The Bertz CT molecular complexity index is 142. The van der Waals surface area contributed by atoms with Gasteiger partial charge in [0.25, 0.3) is 0 Å². The third-order valence-corrected chi connectivity index (χ3v) is 3.78. The molecular weight excluding hydrogens is 186 g/mol. The van der Waals surface area contributed by atoms with Crippen LogP contribution in [0.15, 0.2) is 0 Å². The first kappa shape index (κ1) is 11.4. The molecule has 2 fully saturated rings. The standard InChI is InChI=1S/C12H25N3/c1-5-13-6-2-11(1)9-15-10-12-3-7-14-8-4-12/h11-15H,1-10H2. The van der Waals surface area contributed by atoms with Crippen molar-refractivity contribution in [2.24, 2.45) is 11.8 Å². The van der Waals surface area contributed by atoms with Crippen LogP contribution in [0.1, 0.15) is 25.7 Å². The molecule has 2 aliphatic heterocycles. The molecule has 2 rings (SSSR count). The first-order valence-electron chi connectivity index (χ1n) is 6.57. The Balaban J connectivity index is 1.53. The van der Waals surface area contributed by atoms with Crippen molar-refractivity contribution in [3.8, 4) is 0 Å². The summed E-state index contributed by atoms with van der Waals surface area (Å²) in [6.45, 7) is 7.37. The Labute approximate surface area is 93.4 Å². The highest BCUT2D eigenvalue weighted by atomic mass is 14.9. The molecule has 0 bridgehead atoms. The van der Waals surface area contributed by atoms with Gasteiger partial charge in [-0.1, -0.05) is 0 Å². The van der Waals surface area contributed by atoms with E-state index in [9.17, 15) is 0 Å². The minimum absolute atomic E-state index is 0.924. The molecule has 2 heterocycles. The fraction of sp³-hybridized carbons (Fsp3) is 1.00. The summed E-state index contributed by atoms with van der Waals surface area (Å²) < 4.78 is 0. The molecule has 3 nitrogen and oxygen atoms in total. The highest BCUT2D eigenvalue weighted by molar-refractivity contribution is 4.74. The summed E-state index contributed by atoms with van der Waals surface area (Å²) in [5.74, 6) is 1.85. The van der Waals surface area contributed by atoms with Gasteiger partial charge in [0, 0.05) is 0 Å². The van der Waals surface area contributed by atoms with Gasteiger partial charge in [0.15, 0.2) is 0 Å². The monoisotopic (exact) mass is 211 g/mol. The van der Waals surface area contributed by atoms with Crippen LogP contribution in [-0.4, -0.2) is 39.3 Å². The van der Waals surface area contributed by atoms with Crippen molar-refractivity contribution in [1.82, 2.24) is 16.0 Å². The van der Waals surface area contributed by atoms with Crippen molar-refractivity contribution in [2.45, 2.75) is 25.7 Å². The van der Waals surface area contributed by atoms with E-state index in [0.717, 1.165) is 11.8 Å². The Kier molecular flexibility index (Phi) is 4.90. The number of piperidine rings is 2. The Morgan fingerprint density at radius 2 is 1.13 bits per heavy atom. The maximum atomic E-state index is 3.67. The van der Waals surface area contributed by atoms with Gasteiger partial charge in [0.1, 0.15) is 0 Å². The van der Waals surface area contributed by atoms with Gasteiger partial charge >= 0.3 is 0 Å². The van der Waals surface area contributed by atoms with Gasteiger partial charge in [0.2, 0.25) is 0 Å². The van der Waals surface area contributed by atoms with Crippen LogP contribution in [0.3, 0.4) is 0 Å². The van der Waals surface area contributed by atoms with E-state index in [2.05, 4.69) is 16.0 Å². The largest absolute Gasteiger partial charge is 0.317 e. The maximum absolute atomic E-state index is 3.67. The lowest BCUT2D eigenvalue weighted by molar-refractivity contribution is 0.318. The van der Waals surface area contributed by atoms with Crippen LogP contribution in [0.5, 0.6) is 0 Å². The minimum atomic E-state index is 0.924. The average Bonchev–Trinajstić information content (AvgIpc) is 2.32. The van der Waals surface area contributed by atoms with Crippen LogP contribution in [0.4, 0.5) is 0 Å². The third kappa shape index (κ3) is 4.09. The lowest BCUT2D eigenvalue weighted by Crippen LogP contribution is -2.37. The Morgan fingerprint density at radius 3 is 1.53 bits per heavy atom. The normalized spacial score (nSPS) is 25.6. The first-order valence-corrected chi connectivity index (χ1v) is 6.57. The second-order valence-corrected chi connectivity index (χ2v) is 5.04.